The topological polar surface area (TPSA) is 94.3 Å². The molecule has 0 amide bonds. The van der Waals surface area contributed by atoms with Crippen molar-refractivity contribution >= 4 is 15.7 Å². The van der Waals surface area contributed by atoms with Crippen molar-refractivity contribution in [2.45, 2.75) is 24.3 Å². The fourth-order valence-electron chi connectivity index (χ4n) is 1.42. The number of hydrogen-bond donors (Lipinski definition) is 2. The number of nitrogens with zero attached hydrogens (tertiary/aromatic N) is 1. The summed E-state index contributed by atoms with van der Waals surface area (Å²) in [5, 5.41) is 0. The van der Waals surface area contributed by atoms with Gasteiger partial charge in [-0.25, -0.2) is 13.1 Å². The van der Waals surface area contributed by atoms with Crippen molar-refractivity contribution < 1.29 is 13.2 Å². The zero-order valence-electron chi connectivity index (χ0n) is 10.1. The van der Waals surface area contributed by atoms with Crippen molar-refractivity contribution in [3.8, 4) is 0 Å². The van der Waals surface area contributed by atoms with E-state index in [4.69, 9.17) is 10.5 Å². The molecule has 0 aliphatic heterocycles. The molecule has 0 radical (unpaired) electrons. The molecule has 96 valence electrons. The molecule has 0 aliphatic carbocycles. The van der Waals surface area contributed by atoms with Crippen LogP contribution in [-0.2, 0) is 14.8 Å². The van der Waals surface area contributed by atoms with E-state index in [1.54, 1.807) is 13.8 Å². The standard InChI is InChI=1S/C10H17N3O3S/c1-10(2,7-16-3)13-17(14,15)9-6-12-5-4-8(9)11/h4-6,13H,7H2,1-3H3,(H2,11,12). The van der Waals surface area contributed by atoms with Crippen LogP contribution in [-0.4, -0.2) is 32.7 Å². The molecule has 0 saturated heterocycles. The fourth-order valence-corrected chi connectivity index (χ4v) is 2.90. The van der Waals surface area contributed by atoms with E-state index >= 15 is 0 Å². The minimum atomic E-state index is -3.69. The number of ether oxygens (including phenoxy) is 1. The lowest BCUT2D eigenvalue weighted by molar-refractivity contribution is 0.141. The van der Waals surface area contributed by atoms with E-state index < -0.39 is 15.6 Å². The molecule has 0 atom stereocenters. The first-order chi connectivity index (χ1) is 7.78. The monoisotopic (exact) mass is 259 g/mol. The number of sulfonamides is 1. The molecule has 0 aromatic carbocycles. The van der Waals surface area contributed by atoms with Crippen LogP contribution >= 0.6 is 0 Å². The van der Waals surface area contributed by atoms with Crippen molar-refractivity contribution in [1.29, 1.82) is 0 Å². The summed E-state index contributed by atoms with van der Waals surface area (Å²) in [6.07, 6.45) is 2.66. The van der Waals surface area contributed by atoms with Gasteiger partial charge in [-0.2, -0.15) is 0 Å². The molecular weight excluding hydrogens is 242 g/mol. The second-order valence-corrected chi connectivity index (χ2v) is 5.99. The van der Waals surface area contributed by atoms with E-state index in [0.717, 1.165) is 0 Å². The summed E-state index contributed by atoms with van der Waals surface area (Å²) in [7, 11) is -2.18. The van der Waals surface area contributed by atoms with E-state index in [0.29, 0.717) is 0 Å². The lowest BCUT2D eigenvalue weighted by Gasteiger charge is -2.25. The maximum absolute atomic E-state index is 12.1. The SMILES string of the molecule is COCC(C)(C)NS(=O)(=O)c1cnccc1N. The van der Waals surface area contributed by atoms with E-state index in [1.807, 2.05) is 0 Å². The lowest BCUT2D eigenvalue weighted by Crippen LogP contribution is -2.46. The minimum Gasteiger partial charge on any atom is -0.398 e. The third-order valence-corrected chi connectivity index (χ3v) is 3.76. The molecule has 1 aromatic heterocycles. The third-order valence-electron chi connectivity index (χ3n) is 2.02. The van der Waals surface area contributed by atoms with Crippen molar-refractivity contribution in [2.75, 3.05) is 19.5 Å². The Morgan fingerprint density at radius 3 is 2.71 bits per heavy atom. The van der Waals surface area contributed by atoms with Crippen LogP contribution in [0.15, 0.2) is 23.4 Å². The molecule has 0 aliphatic rings. The summed E-state index contributed by atoms with van der Waals surface area (Å²) in [6, 6.07) is 1.44. The number of nitrogens with one attached hydrogen (secondary N) is 1. The molecule has 3 N–H and O–H groups in total. The molecule has 6 nitrogen and oxygen atoms in total. The van der Waals surface area contributed by atoms with Gasteiger partial charge in [-0.15, -0.1) is 0 Å². The Bertz CT molecular complexity index is 485. The Morgan fingerprint density at radius 1 is 1.53 bits per heavy atom. The molecule has 17 heavy (non-hydrogen) atoms. The van der Waals surface area contributed by atoms with Gasteiger partial charge in [0, 0.05) is 19.5 Å². The van der Waals surface area contributed by atoms with Crippen LogP contribution in [0.5, 0.6) is 0 Å². The van der Waals surface area contributed by atoms with Gasteiger partial charge >= 0.3 is 0 Å². The Morgan fingerprint density at radius 2 is 2.18 bits per heavy atom. The molecule has 0 spiro atoms. The lowest BCUT2D eigenvalue weighted by atomic mass is 10.1. The van der Waals surface area contributed by atoms with E-state index in [-0.39, 0.29) is 17.2 Å². The van der Waals surface area contributed by atoms with Crippen LogP contribution in [0.4, 0.5) is 5.69 Å². The van der Waals surface area contributed by atoms with Crippen LogP contribution in [0.25, 0.3) is 0 Å². The van der Waals surface area contributed by atoms with Crippen LogP contribution in [0.3, 0.4) is 0 Å². The number of aromatic nitrogens is 1. The average Bonchev–Trinajstić information content (AvgIpc) is 2.15. The largest absolute Gasteiger partial charge is 0.398 e. The highest BCUT2D eigenvalue weighted by Gasteiger charge is 2.27. The highest BCUT2D eigenvalue weighted by atomic mass is 32.2. The van der Waals surface area contributed by atoms with Gasteiger partial charge in [0.05, 0.1) is 17.8 Å². The Kier molecular flexibility index (Phi) is 4.07. The smallest absolute Gasteiger partial charge is 0.244 e. The summed E-state index contributed by atoms with van der Waals surface area (Å²) in [6.45, 7) is 3.70. The van der Waals surface area contributed by atoms with E-state index in [1.165, 1.54) is 25.6 Å². The number of anilines is 1. The van der Waals surface area contributed by atoms with Gasteiger partial charge in [0.2, 0.25) is 10.0 Å². The molecule has 0 saturated carbocycles. The Hall–Kier alpha value is -1.18. The number of nitrogen functional groups attached to an aromatic ring is 1. The quantitative estimate of drug-likeness (QED) is 0.796. The van der Waals surface area contributed by atoms with E-state index in [9.17, 15) is 8.42 Å². The van der Waals surface area contributed by atoms with Gasteiger partial charge in [0.1, 0.15) is 4.90 Å². The Balaban J connectivity index is 3.02. The first-order valence-electron chi connectivity index (χ1n) is 5.01. The van der Waals surface area contributed by atoms with Gasteiger partial charge < -0.3 is 10.5 Å². The summed E-state index contributed by atoms with van der Waals surface area (Å²) < 4.78 is 31.6. The molecule has 0 bridgehead atoms. The Labute approximate surface area is 101 Å². The minimum absolute atomic E-state index is 0.0239. The van der Waals surface area contributed by atoms with Crippen molar-refractivity contribution in [1.82, 2.24) is 9.71 Å². The molecule has 1 heterocycles. The number of hydrogen-bond acceptors (Lipinski definition) is 5. The predicted molar refractivity (Wildman–Crippen MR) is 64.9 cm³/mol. The second kappa shape index (κ2) is 4.99. The molecule has 0 fully saturated rings. The van der Waals surface area contributed by atoms with Gasteiger partial charge in [0.15, 0.2) is 0 Å². The fraction of sp³-hybridized carbons (Fsp3) is 0.500. The molecule has 1 rings (SSSR count). The number of methoxy groups -OCH3 is 1. The molecule has 0 unspecified atom stereocenters. The predicted octanol–water partition coefficient (Wildman–Crippen LogP) is 0.367. The van der Waals surface area contributed by atoms with Crippen molar-refractivity contribution in [3.05, 3.63) is 18.5 Å². The maximum atomic E-state index is 12.1. The number of rotatable bonds is 5. The zero-order valence-corrected chi connectivity index (χ0v) is 10.9. The van der Waals surface area contributed by atoms with Crippen LogP contribution in [0, 0.1) is 0 Å². The molecular formula is C10H17N3O3S. The van der Waals surface area contributed by atoms with Gasteiger partial charge in [-0.1, -0.05) is 0 Å². The average molecular weight is 259 g/mol. The first-order valence-corrected chi connectivity index (χ1v) is 6.49. The molecule has 7 heteroatoms. The van der Waals surface area contributed by atoms with Crippen molar-refractivity contribution in [3.63, 3.8) is 0 Å². The third kappa shape index (κ3) is 3.65. The summed E-state index contributed by atoms with van der Waals surface area (Å²) in [5.41, 5.74) is 5.06. The summed E-state index contributed by atoms with van der Waals surface area (Å²) >= 11 is 0. The number of pyridine rings is 1. The van der Waals surface area contributed by atoms with Crippen LogP contribution in [0.2, 0.25) is 0 Å². The van der Waals surface area contributed by atoms with Crippen LogP contribution < -0.4 is 10.5 Å². The summed E-state index contributed by atoms with van der Waals surface area (Å²) in [5.74, 6) is 0. The second-order valence-electron chi connectivity index (χ2n) is 4.34. The molecule has 1 aromatic rings. The normalized spacial score (nSPS) is 12.6. The highest BCUT2D eigenvalue weighted by molar-refractivity contribution is 7.89. The maximum Gasteiger partial charge on any atom is 0.244 e. The van der Waals surface area contributed by atoms with E-state index in [2.05, 4.69) is 9.71 Å². The highest BCUT2D eigenvalue weighted by Crippen LogP contribution is 2.18. The number of nitrogens with two attached hydrogens (primary N) is 1. The first kappa shape index (κ1) is 13.9. The summed E-state index contributed by atoms with van der Waals surface area (Å²) in [4.78, 5) is 3.73. The van der Waals surface area contributed by atoms with Crippen LogP contribution in [0.1, 0.15) is 13.8 Å². The van der Waals surface area contributed by atoms with Crippen molar-refractivity contribution in [2.24, 2.45) is 0 Å². The zero-order chi connectivity index (χ0) is 13.1. The van der Waals surface area contributed by atoms with Gasteiger partial charge in [-0.05, 0) is 19.9 Å². The van der Waals surface area contributed by atoms with Gasteiger partial charge in [0.25, 0.3) is 0 Å². The van der Waals surface area contributed by atoms with Gasteiger partial charge in [-0.3, -0.25) is 4.98 Å².